The Balaban J connectivity index is 1.54. The zero-order valence-corrected chi connectivity index (χ0v) is 21.3. The Kier molecular flexibility index (Phi) is 3.65. The van der Waals surface area contributed by atoms with Gasteiger partial charge < -0.3 is 4.40 Å². The van der Waals surface area contributed by atoms with Gasteiger partial charge in [-0.05, 0) is 29.7 Å². The Labute approximate surface area is 227 Å². The standard InChI is InChI=1S/C36H20N4/c1-3-11-23-21(9-1)17-18-26-32-31(40(34(23)26)36-37-20-22-10-2-6-14-28(22)38-36)19-27-24-12-4-7-15-29(24)39-30-16-8-5-13-25(30)33(32)35(27)39/h1-20H. The van der Waals surface area contributed by atoms with Gasteiger partial charge in [0.05, 0.1) is 33.1 Å². The second kappa shape index (κ2) is 7.13. The Bertz CT molecular complexity index is 2660. The molecule has 6 aromatic carbocycles. The molecule has 0 atom stereocenters. The number of para-hydroxylation sites is 3. The van der Waals surface area contributed by atoms with E-state index in [1.54, 1.807) is 0 Å². The number of hydrogen-bond donors (Lipinski definition) is 0. The number of rotatable bonds is 1. The summed E-state index contributed by atoms with van der Waals surface area (Å²) in [7, 11) is 0. The molecule has 0 bridgehead atoms. The third kappa shape index (κ3) is 2.38. The van der Waals surface area contributed by atoms with E-state index in [-0.39, 0.29) is 0 Å². The van der Waals surface area contributed by atoms with Crippen LogP contribution in [-0.2, 0) is 0 Å². The van der Waals surface area contributed by atoms with E-state index < -0.39 is 0 Å². The van der Waals surface area contributed by atoms with Crippen molar-refractivity contribution < 1.29 is 0 Å². The molecule has 40 heavy (non-hydrogen) atoms. The number of aromatic nitrogens is 4. The first-order chi connectivity index (χ1) is 19.9. The van der Waals surface area contributed by atoms with E-state index in [0.29, 0.717) is 5.95 Å². The van der Waals surface area contributed by atoms with Crippen LogP contribution in [-0.4, -0.2) is 18.9 Å². The first-order valence-electron chi connectivity index (χ1n) is 13.6. The van der Waals surface area contributed by atoms with Crippen LogP contribution in [0.25, 0.3) is 87.5 Å². The molecule has 4 heterocycles. The molecule has 0 aliphatic carbocycles. The van der Waals surface area contributed by atoms with Crippen molar-refractivity contribution in [3.05, 3.63) is 121 Å². The number of hydrogen-bond acceptors (Lipinski definition) is 2. The summed E-state index contributed by atoms with van der Waals surface area (Å²) in [6, 6.07) is 41.3. The van der Waals surface area contributed by atoms with Crippen LogP contribution in [0.15, 0.2) is 121 Å². The van der Waals surface area contributed by atoms with Gasteiger partial charge in [-0.15, -0.1) is 0 Å². The molecule has 0 fully saturated rings. The van der Waals surface area contributed by atoms with Crippen LogP contribution in [0, 0.1) is 0 Å². The second-order valence-electron chi connectivity index (χ2n) is 10.7. The quantitative estimate of drug-likeness (QED) is 0.222. The average Bonchev–Trinajstić information content (AvgIpc) is 3.65. The molecule has 4 aromatic heterocycles. The lowest BCUT2D eigenvalue weighted by Gasteiger charge is -2.09. The third-order valence-corrected chi connectivity index (χ3v) is 8.66. The average molecular weight is 509 g/mol. The van der Waals surface area contributed by atoms with Gasteiger partial charge in [0.25, 0.3) is 0 Å². The van der Waals surface area contributed by atoms with Crippen molar-refractivity contribution >= 4 is 81.6 Å². The van der Waals surface area contributed by atoms with Gasteiger partial charge in [-0.2, -0.15) is 0 Å². The van der Waals surface area contributed by atoms with E-state index >= 15 is 0 Å². The second-order valence-corrected chi connectivity index (χ2v) is 10.7. The van der Waals surface area contributed by atoms with Crippen LogP contribution in [0.3, 0.4) is 0 Å². The lowest BCUT2D eigenvalue weighted by Crippen LogP contribution is -2.01. The molecule has 0 aliphatic rings. The summed E-state index contributed by atoms with van der Waals surface area (Å²) in [5, 5.41) is 11.0. The number of nitrogens with zero attached hydrogens (tertiary/aromatic N) is 4. The van der Waals surface area contributed by atoms with Crippen molar-refractivity contribution in [2.45, 2.75) is 0 Å². The molecular formula is C36H20N4. The summed E-state index contributed by atoms with van der Waals surface area (Å²) in [5.41, 5.74) is 6.97. The van der Waals surface area contributed by atoms with E-state index in [1.807, 2.05) is 18.3 Å². The summed E-state index contributed by atoms with van der Waals surface area (Å²) in [4.78, 5) is 10.1. The lowest BCUT2D eigenvalue weighted by molar-refractivity contribution is 1.01. The number of fused-ring (bicyclic) bond motifs is 13. The molecule has 10 aromatic rings. The molecule has 0 spiro atoms. The molecule has 184 valence electrons. The smallest absolute Gasteiger partial charge is 0.235 e. The molecule has 0 saturated carbocycles. The number of benzene rings is 6. The first kappa shape index (κ1) is 20.5. The third-order valence-electron chi connectivity index (χ3n) is 8.66. The monoisotopic (exact) mass is 508 g/mol. The van der Waals surface area contributed by atoms with Crippen molar-refractivity contribution in [1.29, 1.82) is 0 Å². The van der Waals surface area contributed by atoms with Crippen LogP contribution in [0.5, 0.6) is 0 Å². The minimum atomic E-state index is 0.691. The van der Waals surface area contributed by atoms with Gasteiger partial charge in [0.2, 0.25) is 5.95 Å². The van der Waals surface area contributed by atoms with E-state index in [1.165, 1.54) is 59.6 Å². The van der Waals surface area contributed by atoms with Crippen molar-refractivity contribution in [2.75, 3.05) is 0 Å². The highest BCUT2D eigenvalue weighted by atomic mass is 15.2. The summed E-state index contributed by atoms with van der Waals surface area (Å²) < 4.78 is 4.74. The van der Waals surface area contributed by atoms with Gasteiger partial charge in [-0.3, -0.25) is 4.57 Å². The summed E-state index contributed by atoms with van der Waals surface area (Å²) >= 11 is 0. The Morgan fingerprint density at radius 2 is 1.18 bits per heavy atom. The fraction of sp³-hybridized carbons (Fsp3) is 0. The van der Waals surface area contributed by atoms with E-state index in [0.717, 1.165) is 21.9 Å². The van der Waals surface area contributed by atoms with Gasteiger partial charge in [0, 0.05) is 49.3 Å². The highest BCUT2D eigenvalue weighted by Crippen LogP contribution is 2.47. The Morgan fingerprint density at radius 3 is 2.05 bits per heavy atom. The molecule has 0 N–H and O–H groups in total. The fourth-order valence-corrected chi connectivity index (χ4v) is 7.05. The largest absolute Gasteiger partial charge is 0.308 e. The maximum atomic E-state index is 5.11. The van der Waals surface area contributed by atoms with Gasteiger partial charge in [0.1, 0.15) is 0 Å². The molecule has 0 unspecified atom stereocenters. The molecule has 0 aliphatic heterocycles. The molecule has 4 nitrogen and oxygen atoms in total. The van der Waals surface area contributed by atoms with Gasteiger partial charge in [0.15, 0.2) is 0 Å². The summed E-state index contributed by atoms with van der Waals surface area (Å²) in [6.07, 6.45) is 1.94. The van der Waals surface area contributed by atoms with Crippen LogP contribution in [0.4, 0.5) is 0 Å². The topological polar surface area (TPSA) is 35.1 Å². The Morgan fingerprint density at radius 1 is 0.475 bits per heavy atom. The predicted molar refractivity (Wildman–Crippen MR) is 166 cm³/mol. The maximum absolute atomic E-state index is 5.11. The van der Waals surface area contributed by atoms with Gasteiger partial charge in [-0.1, -0.05) is 91.0 Å². The molecule has 4 heteroatoms. The van der Waals surface area contributed by atoms with E-state index in [9.17, 15) is 0 Å². The SMILES string of the molecule is c1ccc2nc(-n3c4cc5c6ccccc6n6c7ccccc7c(c4c4ccc7ccccc7c43)c56)ncc2c1. The summed E-state index contributed by atoms with van der Waals surface area (Å²) in [6.45, 7) is 0. The van der Waals surface area contributed by atoms with Gasteiger partial charge in [-0.25, -0.2) is 9.97 Å². The van der Waals surface area contributed by atoms with Crippen molar-refractivity contribution in [3.8, 4) is 5.95 Å². The van der Waals surface area contributed by atoms with Crippen LogP contribution in [0.1, 0.15) is 0 Å². The van der Waals surface area contributed by atoms with Crippen LogP contribution < -0.4 is 0 Å². The molecule has 0 radical (unpaired) electrons. The lowest BCUT2D eigenvalue weighted by atomic mass is 10.0. The molecule has 10 rings (SSSR count). The molecule has 0 amide bonds. The van der Waals surface area contributed by atoms with Crippen molar-refractivity contribution in [3.63, 3.8) is 0 Å². The van der Waals surface area contributed by atoms with Crippen molar-refractivity contribution in [2.24, 2.45) is 0 Å². The minimum absolute atomic E-state index is 0.691. The van der Waals surface area contributed by atoms with Crippen LogP contribution >= 0.6 is 0 Å². The Hall–Kier alpha value is -5.48. The maximum Gasteiger partial charge on any atom is 0.235 e. The predicted octanol–water partition coefficient (Wildman–Crippen LogP) is 9.03. The normalized spacial score (nSPS) is 12.5. The van der Waals surface area contributed by atoms with Gasteiger partial charge >= 0.3 is 0 Å². The van der Waals surface area contributed by atoms with Crippen molar-refractivity contribution in [1.82, 2.24) is 18.9 Å². The highest BCUT2D eigenvalue weighted by molar-refractivity contribution is 6.37. The highest BCUT2D eigenvalue weighted by Gasteiger charge is 2.25. The molecule has 0 saturated heterocycles. The zero-order valence-electron chi connectivity index (χ0n) is 21.3. The van der Waals surface area contributed by atoms with E-state index in [4.69, 9.17) is 9.97 Å². The minimum Gasteiger partial charge on any atom is -0.308 e. The first-order valence-corrected chi connectivity index (χ1v) is 13.6. The fourth-order valence-electron chi connectivity index (χ4n) is 7.05. The zero-order chi connectivity index (χ0) is 25.9. The summed E-state index contributed by atoms with van der Waals surface area (Å²) in [5.74, 6) is 0.691. The molecular weight excluding hydrogens is 488 g/mol. The van der Waals surface area contributed by atoms with Crippen LogP contribution in [0.2, 0.25) is 0 Å². The van der Waals surface area contributed by atoms with E-state index in [2.05, 4.69) is 112 Å².